The molecule has 1 amide bonds. The summed E-state index contributed by atoms with van der Waals surface area (Å²) < 4.78 is 0. The lowest BCUT2D eigenvalue weighted by Gasteiger charge is -2.12. The minimum atomic E-state index is 0.234. The molecule has 1 N–H and O–H groups in total. The van der Waals surface area contributed by atoms with Crippen LogP contribution in [0.2, 0.25) is 0 Å². The average Bonchev–Trinajstić information content (AvgIpc) is 3.10. The van der Waals surface area contributed by atoms with Crippen molar-refractivity contribution in [1.82, 2.24) is 5.32 Å². The van der Waals surface area contributed by atoms with Crippen molar-refractivity contribution >= 4 is 5.91 Å². The molecule has 80 valence electrons. The largest absolute Gasteiger partial charge is 0.355 e. The lowest BCUT2D eigenvalue weighted by atomic mass is 10.0. The summed E-state index contributed by atoms with van der Waals surface area (Å²) >= 11 is 0. The van der Waals surface area contributed by atoms with Gasteiger partial charge in [0.25, 0.3) is 0 Å². The second-order valence-corrected chi connectivity index (χ2v) is 4.33. The molecule has 0 aromatic heterocycles. The summed E-state index contributed by atoms with van der Waals surface area (Å²) in [4.78, 5) is 11.4. The molecule has 15 heavy (non-hydrogen) atoms. The van der Waals surface area contributed by atoms with Gasteiger partial charge in [0.1, 0.15) is 0 Å². The number of carbonyl (C=O) groups is 1. The fraction of sp³-hybridized carbons (Fsp3) is 0.462. The number of carbonyl (C=O) groups excluding carboxylic acids is 1. The first-order valence-electron chi connectivity index (χ1n) is 5.60. The number of rotatable bonds is 4. The van der Waals surface area contributed by atoms with Crippen molar-refractivity contribution in [3.05, 3.63) is 35.9 Å². The van der Waals surface area contributed by atoms with E-state index in [-0.39, 0.29) is 5.91 Å². The predicted octanol–water partition coefficient (Wildman–Crippen LogP) is 2.32. The minimum Gasteiger partial charge on any atom is -0.355 e. The van der Waals surface area contributed by atoms with Gasteiger partial charge in [-0.25, -0.2) is 0 Å². The van der Waals surface area contributed by atoms with Crippen LogP contribution < -0.4 is 5.32 Å². The van der Waals surface area contributed by atoms with Crippen LogP contribution >= 0.6 is 0 Å². The third-order valence-corrected chi connectivity index (χ3v) is 2.90. The molecule has 0 unspecified atom stereocenters. The average molecular weight is 203 g/mol. The highest BCUT2D eigenvalue weighted by Crippen LogP contribution is 2.28. The second-order valence-electron chi connectivity index (χ2n) is 4.33. The summed E-state index contributed by atoms with van der Waals surface area (Å²) in [7, 11) is 0. The van der Waals surface area contributed by atoms with E-state index in [4.69, 9.17) is 0 Å². The highest BCUT2D eigenvalue weighted by atomic mass is 16.2. The zero-order valence-electron chi connectivity index (χ0n) is 9.07. The van der Waals surface area contributed by atoms with Crippen molar-refractivity contribution in [2.75, 3.05) is 6.54 Å². The van der Waals surface area contributed by atoms with Gasteiger partial charge in [0.05, 0.1) is 0 Å². The first-order chi connectivity index (χ1) is 7.27. The van der Waals surface area contributed by atoms with E-state index in [1.807, 2.05) is 18.2 Å². The third-order valence-electron chi connectivity index (χ3n) is 2.90. The second kappa shape index (κ2) is 4.47. The smallest absolute Gasteiger partial charge is 0.223 e. The molecule has 0 heterocycles. The lowest BCUT2D eigenvalue weighted by molar-refractivity contribution is -0.122. The Hall–Kier alpha value is -1.31. The molecule has 0 bridgehead atoms. The molecule has 0 aliphatic heterocycles. The van der Waals surface area contributed by atoms with Gasteiger partial charge in [0.2, 0.25) is 5.91 Å². The number of benzene rings is 1. The quantitative estimate of drug-likeness (QED) is 0.799. The Labute approximate surface area is 90.7 Å². The summed E-state index contributed by atoms with van der Waals surface area (Å²) in [5.74, 6) is 0.944. The standard InChI is InChI=1S/C13H17NO/c1-10(11-5-3-2-4-6-11)9-14-13(15)12-7-8-12/h2-6,10,12H,7-9H2,1H3,(H,14,15)/t10-/m0/s1. The van der Waals surface area contributed by atoms with Crippen LogP contribution in [0.3, 0.4) is 0 Å². The molecule has 1 atom stereocenters. The highest BCUT2D eigenvalue weighted by Gasteiger charge is 2.29. The van der Waals surface area contributed by atoms with E-state index in [0.29, 0.717) is 11.8 Å². The van der Waals surface area contributed by atoms with Gasteiger partial charge in [-0.05, 0) is 24.3 Å². The molecule has 0 radical (unpaired) electrons. The first-order valence-corrected chi connectivity index (χ1v) is 5.60. The fourth-order valence-corrected chi connectivity index (χ4v) is 1.64. The highest BCUT2D eigenvalue weighted by molar-refractivity contribution is 5.80. The summed E-state index contributed by atoms with van der Waals surface area (Å²) in [5, 5.41) is 3.00. The Morgan fingerprint density at radius 3 is 2.67 bits per heavy atom. The van der Waals surface area contributed by atoms with Crippen molar-refractivity contribution in [3.63, 3.8) is 0 Å². The van der Waals surface area contributed by atoms with Crippen LogP contribution in [0.4, 0.5) is 0 Å². The van der Waals surface area contributed by atoms with Gasteiger partial charge < -0.3 is 5.32 Å². The van der Waals surface area contributed by atoms with Crippen molar-refractivity contribution in [2.45, 2.75) is 25.7 Å². The predicted molar refractivity (Wildman–Crippen MR) is 60.6 cm³/mol. The van der Waals surface area contributed by atoms with Gasteiger partial charge in [0, 0.05) is 12.5 Å². The summed E-state index contributed by atoms with van der Waals surface area (Å²) in [5.41, 5.74) is 1.29. The van der Waals surface area contributed by atoms with Crippen LogP contribution in [0, 0.1) is 5.92 Å². The summed E-state index contributed by atoms with van der Waals surface area (Å²) in [6.45, 7) is 2.89. The van der Waals surface area contributed by atoms with Crippen LogP contribution in [0.1, 0.15) is 31.2 Å². The first kappa shape index (κ1) is 10.2. The minimum absolute atomic E-state index is 0.234. The maximum atomic E-state index is 11.4. The maximum Gasteiger partial charge on any atom is 0.223 e. The molecular formula is C13H17NO. The van der Waals surface area contributed by atoms with Crippen LogP contribution in [0.15, 0.2) is 30.3 Å². The van der Waals surface area contributed by atoms with E-state index >= 15 is 0 Å². The molecule has 0 saturated heterocycles. The Kier molecular flexibility index (Phi) is 3.05. The van der Waals surface area contributed by atoms with E-state index in [1.54, 1.807) is 0 Å². The van der Waals surface area contributed by atoms with Gasteiger partial charge in [-0.3, -0.25) is 4.79 Å². The van der Waals surface area contributed by atoms with E-state index in [9.17, 15) is 4.79 Å². The van der Waals surface area contributed by atoms with Gasteiger partial charge in [-0.2, -0.15) is 0 Å². The monoisotopic (exact) mass is 203 g/mol. The molecular weight excluding hydrogens is 186 g/mol. The molecule has 1 aromatic rings. The topological polar surface area (TPSA) is 29.1 Å². The van der Waals surface area contributed by atoms with Crippen molar-refractivity contribution in [1.29, 1.82) is 0 Å². The molecule has 1 aliphatic rings. The van der Waals surface area contributed by atoms with Gasteiger partial charge in [-0.1, -0.05) is 37.3 Å². The van der Waals surface area contributed by atoms with Crippen LogP contribution in [-0.4, -0.2) is 12.5 Å². The van der Waals surface area contributed by atoms with Crippen molar-refractivity contribution < 1.29 is 4.79 Å². The number of amides is 1. The molecule has 2 nitrogen and oxygen atoms in total. The summed E-state index contributed by atoms with van der Waals surface area (Å²) in [6.07, 6.45) is 2.15. The number of hydrogen-bond acceptors (Lipinski definition) is 1. The third kappa shape index (κ3) is 2.82. The Morgan fingerprint density at radius 1 is 1.40 bits per heavy atom. The molecule has 1 aliphatic carbocycles. The number of hydrogen-bond donors (Lipinski definition) is 1. The van der Waals surface area contributed by atoms with Gasteiger partial charge >= 0.3 is 0 Å². The zero-order chi connectivity index (χ0) is 10.7. The molecule has 1 fully saturated rings. The van der Waals surface area contributed by atoms with Gasteiger partial charge in [-0.15, -0.1) is 0 Å². The van der Waals surface area contributed by atoms with Gasteiger partial charge in [0.15, 0.2) is 0 Å². The normalized spacial score (nSPS) is 17.1. The lowest BCUT2D eigenvalue weighted by Crippen LogP contribution is -2.28. The number of nitrogens with one attached hydrogen (secondary N) is 1. The zero-order valence-corrected chi connectivity index (χ0v) is 9.07. The molecule has 2 rings (SSSR count). The Bertz CT molecular complexity index is 330. The van der Waals surface area contributed by atoms with Crippen molar-refractivity contribution in [2.24, 2.45) is 5.92 Å². The molecule has 1 aromatic carbocycles. The van der Waals surface area contributed by atoms with Crippen LogP contribution in [0.25, 0.3) is 0 Å². The summed E-state index contributed by atoms with van der Waals surface area (Å²) in [6, 6.07) is 10.3. The Balaban J connectivity index is 1.81. The fourth-order valence-electron chi connectivity index (χ4n) is 1.64. The van der Waals surface area contributed by atoms with E-state index in [1.165, 1.54) is 5.56 Å². The van der Waals surface area contributed by atoms with E-state index in [0.717, 1.165) is 19.4 Å². The molecule has 2 heteroatoms. The van der Waals surface area contributed by atoms with Crippen LogP contribution in [-0.2, 0) is 4.79 Å². The molecule has 1 saturated carbocycles. The van der Waals surface area contributed by atoms with E-state index in [2.05, 4.69) is 24.4 Å². The van der Waals surface area contributed by atoms with Crippen molar-refractivity contribution in [3.8, 4) is 0 Å². The van der Waals surface area contributed by atoms with Crippen LogP contribution in [0.5, 0.6) is 0 Å². The SMILES string of the molecule is C[C@@H](CNC(=O)C1CC1)c1ccccc1. The Morgan fingerprint density at radius 2 is 2.07 bits per heavy atom. The van der Waals surface area contributed by atoms with E-state index < -0.39 is 0 Å². The maximum absolute atomic E-state index is 11.4. The molecule has 0 spiro atoms.